The van der Waals surface area contributed by atoms with Gasteiger partial charge < -0.3 is 14.7 Å². The summed E-state index contributed by atoms with van der Waals surface area (Å²) in [6, 6.07) is 0. The van der Waals surface area contributed by atoms with Gasteiger partial charge in [-0.2, -0.15) is 0 Å². The minimum absolute atomic E-state index is 0.00851. The highest BCUT2D eigenvalue weighted by atomic mass is 31.2. The van der Waals surface area contributed by atoms with E-state index in [1.807, 2.05) is 6.08 Å². The SMILES string of the molecule is C=CCCCCCCCCCP(=O)(O)CP(=O)(O)O. The molecule has 5 nitrogen and oxygen atoms in total. The van der Waals surface area contributed by atoms with Crippen LogP contribution in [0.25, 0.3) is 0 Å². The second-order valence-electron chi connectivity index (χ2n) is 4.93. The van der Waals surface area contributed by atoms with Crippen LogP contribution in [0, 0.1) is 0 Å². The van der Waals surface area contributed by atoms with E-state index in [0.29, 0.717) is 6.42 Å². The fourth-order valence-corrected chi connectivity index (χ4v) is 5.48. The molecule has 3 N–H and O–H groups in total. The predicted molar refractivity (Wildman–Crippen MR) is 78.7 cm³/mol. The van der Waals surface area contributed by atoms with E-state index in [-0.39, 0.29) is 6.16 Å². The maximum absolute atomic E-state index is 11.5. The quantitative estimate of drug-likeness (QED) is 0.290. The number of allylic oxidation sites excluding steroid dienone is 1. The second kappa shape index (κ2) is 9.90. The Bertz CT molecular complexity index is 337. The topological polar surface area (TPSA) is 94.8 Å². The lowest BCUT2D eigenvalue weighted by Gasteiger charge is -2.12. The third-order valence-corrected chi connectivity index (χ3v) is 7.08. The van der Waals surface area contributed by atoms with Gasteiger partial charge in [0.05, 0.1) is 0 Å². The molecular formula is C12H26O5P2. The van der Waals surface area contributed by atoms with Crippen molar-refractivity contribution in [2.75, 3.05) is 12.1 Å². The van der Waals surface area contributed by atoms with Crippen molar-refractivity contribution < 1.29 is 23.8 Å². The zero-order valence-electron chi connectivity index (χ0n) is 11.4. The van der Waals surface area contributed by atoms with Crippen molar-refractivity contribution in [3.05, 3.63) is 12.7 Å². The molecule has 0 radical (unpaired) electrons. The van der Waals surface area contributed by atoms with Gasteiger partial charge in [0.1, 0.15) is 5.90 Å². The monoisotopic (exact) mass is 312 g/mol. The van der Waals surface area contributed by atoms with Crippen LogP contribution < -0.4 is 0 Å². The zero-order chi connectivity index (χ0) is 14.8. The van der Waals surface area contributed by atoms with E-state index < -0.39 is 20.9 Å². The summed E-state index contributed by atoms with van der Waals surface area (Å²) in [6.45, 7) is 3.66. The molecule has 0 aromatic heterocycles. The van der Waals surface area contributed by atoms with Gasteiger partial charge in [0.15, 0.2) is 0 Å². The van der Waals surface area contributed by atoms with Crippen LogP contribution in [0.4, 0.5) is 0 Å². The smallest absolute Gasteiger partial charge is 0.335 e. The highest BCUT2D eigenvalue weighted by Crippen LogP contribution is 2.54. The fourth-order valence-electron chi connectivity index (χ4n) is 1.89. The molecule has 0 rings (SSSR count). The zero-order valence-corrected chi connectivity index (χ0v) is 13.2. The second-order valence-corrected chi connectivity index (χ2v) is 9.53. The van der Waals surface area contributed by atoms with Gasteiger partial charge in [-0.05, 0) is 19.3 Å². The molecule has 1 unspecified atom stereocenters. The lowest BCUT2D eigenvalue weighted by molar-refractivity contribution is 0.375. The first kappa shape index (κ1) is 19.1. The highest BCUT2D eigenvalue weighted by Gasteiger charge is 2.28. The summed E-state index contributed by atoms with van der Waals surface area (Å²) in [5.74, 6) is -0.887. The Hall–Kier alpha value is 0.0800. The highest BCUT2D eigenvalue weighted by molar-refractivity contribution is 7.72. The molecule has 0 aromatic rings. The lowest BCUT2D eigenvalue weighted by atomic mass is 10.1. The van der Waals surface area contributed by atoms with Crippen LogP contribution in [0.3, 0.4) is 0 Å². The summed E-state index contributed by atoms with van der Waals surface area (Å²) in [5.41, 5.74) is 0. The Balaban J connectivity index is 3.51. The molecule has 0 bridgehead atoms. The maximum Gasteiger partial charge on any atom is 0.335 e. The Morgan fingerprint density at radius 1 is 0.842 bits per heavy atom. The molecule has 0 aliphatic heterocycles. The van der Waals surface area contributed by atoms with Gasteiger partial charge in [-0.1, -0.05) is 38.2 Å². The van der Waals surface area contributed by atoms with Gasteiger partial charge >= 0.3 is 7.60 Å². The average molecular weight is 312 g/mol. The molecule has 0 aliphatic rings. The van der Waals surface area contributed by atoms with E-state index in [9.17, 15) is 14.0 Å². The van der Waals surface area contributed by atoms with Crippen LogP contribution in [-0.4, -0.2) is 26.7 Å². The van der Waals surface area contributed by atoms with Crippen LogP contribution in [-0.2, 0) is 9.13 Å². The Morgan fingerprint density at radius 2 is 1.32 bits per heavy atom. The standard InChI is InChI=1S/C12H26O5P2/c1-2-3-4-5-6-7-8-9-10-11-18(13,14)12-19(15,16)17/h2H,1,3-12H2,(H,13,14)(H2,15,16,17). The predicted octanol–water partition coefficient (Wildman–Crippen LogP) is 3.70. The van der Waals surface area contributed by atoms with Crippen LogP contribution in [0.5, 0.6) is 0 Å². The Kier molecular flexibility index (Phi) is 9.94. The van der Waals surface area contributed by atoms with Crippen LogP contribution >= 0.6 is 15.0 Å². The molecule has 0 aromatic carbocycles. The normalized spacial score (nSPS) is 15.1. The molecule has 7 heteroatoms. The molecule has 0 amide bonds. The van der Waals surface area contributed by atoms with Gasteiger partial charge in [0.25, 0.3) is 0 Å². The minimum atomic E-state index is -4.39. The minimum Gasteiger partial charge on any atom is -0.344 e. The van der Waals surface area contributed by atoms with Crippen molar-refractivity contribution in [3.63, 3.8) is 0 Å². The Morgan fingerprint density at radius 3 is 1.79 bits per heavy atom. The largest absolute Gasteiger partial charge is 0.344 e. The average Bonchev–Trinajstić information content (AvgIpc) is 2.23. The third-order valence-electron chi connectivity index (χ3n) is 2.82. The molecule has 1 atom stereocenters. The van der Waals surface area contributed by atoms with Crippen molar-refractivity contribution in [3.8, 4) is 0 Å². The third kappa shape index (κ3) is 14.3. The van der Waals surface area contributed by atoms with E-state index in [2.05, 4.69) is 6.58 Å². The molecule has 19 heavy (non-hydrogen) atoms. The number of unbranched alkanes of at least 4 members (excludes halogenated alkanes) is 7. The summed E-state index contributed by atoms with van der Waals surface area (Å²) < 4.78 is 22.2. The fraction of sp³-hybridized carbons (Fsp3) is 0.833. The summed E-state index contributed by atoms with van der Waals surface area (Å²) >= 11 is 0. The van der Waals surface area contributed by atoms with Crippen molar-refractivity contribution in [1.82, 2.24) is 0 Å². The van der Waals surface area contributed by atoms with Crippen LogP contribution in [0.2, 0.25) is 0 Å². The first-order valence-electron chi connectivity index (χ1n) is 6.73. The molecule has 0 saturated carbocycles. The van der Waals surface area contributed by atoms with Crippen molar-refractivity contribution in [2.24, 2.45) is 0 Å². The van der Waals surface area contributed by atoms with Gasteiger partial charge in [-0.15, -0.1) is 6.58 Å². The van der Waals surface area contributed by atoms with Crippen LogP contribution in [0.1, 0.15) is 51.4 Å². The summed E-state index contributed by atoms with van der Waals surface area (Å²) in [5, 5.41) is 0. The molecule has 0 aliphatic carbocycles. The number of rotatable bonds is 12. The molecule has 0 spiro atoms. The molecule has 114 valence electrons. The van der Waals surface area contributed by atoms with E-state index in [4.69, 9.17) is 9.79 Å². The number of hydrogen-bond donors (Lipinski definition) is 3. The van der Waals surface area contributed by atoms with Crippen LogP contribution in [0.15, 0.2) is 12.7 Å². The summed E-state index contributed by atoms with van der Waals surface area (Å²) in [4.78, 5) is 26.7. The van der Waals surface area contributed by atoms with E-state index in [1.54, 1.807) is 0 Å². The molecule has 0 fully saturated rings. The van der Waals surface area contributed by atoms with Crippen molar-refractivity contribution in [1.29, 1.82) is 0 Å². The molecule has 0 saturated heterocycles. The number of hydrogen-bond acceptors (Lipinski definition) is 2. The van der Waals surface area contributed by atoms with Crippen molar-refractivity contribution >= 4 is 15.0 Å². The Labute approximate surface area is 115 Å². The van der Waals surface area contributed by atoms with Gasteiger partial charge in [-0.25, -0.2) is 0 Å². The first-order valence-corrected chi connectivity index (χ1v) is 10.6. The molecular weight excluding hydrogens is 286 g/mol. The summed E-state index contributed by atoms with van der Waals surface area (Å²) in [7, 11) is -8.04. The lowest BCUT2D eigenvalue weighted by Crippen LogP contribution is -1.96. The molecule has 0 heterocycles. The van der Waals surface area contributed by atoms with Gasteiger partial charge in [0.2, 0.25) is 7.37 Å². The van der Waals surface area contributed by atoms with E-state index in [0.717, 1.165) is 38.5 Å². The summed E-state index contributed by atoms with van der Waals surface area (Å²) in [6.07, 6.45) is 9.99. The van der Waals surface area contributed by atoms with Gasteiger partial charge in [0, 0.05) is 6.16 Å². The van der Waals surface area contributed by atoms with Gasteiger partial charge in [-0.3, -0.25) is 9.13 Å². The van der Waals surface area contributed by atoms with E-state index in [1.165, 1.54) is 6.42 Å². The first-order chi connectivity index (χ1) is 8.77. The van der Waals surface area contributed by atoms with E-state index >= 15 is 0 Å². The van der Waals surface area contributed by atoms with Crippen molar-refractivity contribution in [2.45, 2.75) is 51.4 Å². The maximum atomic E-state index is 11.5.